The van der Waals surface area contributed by atoms with Gasteiger partial charge in [0.15, 0.2) is 0 Å². The van der Waals surface area contributed by atoms with E-state index in [1.54, 1.807) is 0 Å². The second kappa shape index (κ2) is 6.44. The van der Waals surface area contributed by atoms with Gasteiger partial charge in [0, 0.05) is 47.9 Å². The number of sulfonamides is 1. The van der Waals surface area contributed by atoms with Gasteiger partial charge in [0.25, 0.3) is 5.91 Å². The first-order valence-electron chi connectivity index (χ1n) is 9.84. The zero-order valence-electron chi connectivity index (χ0n) is 16.4. The van der Waals surface area contributed by atoms with Gasteiger partial charge in [-0.05, 0) is 31.0 Å². The Morgan fingerprint density at radius 3 is 2.93 bits per heavy atom. The fourth-order valence-corrected chi connectivity index (χ4v) is 6.20. The van der Waals surface area contributed by atoms with Crippen molar-refractivity contribution in [3.63, 3.8) is 0 Å². The van der Waals surface area contributed by atoms with Crippen LogP contribution in [0, 0.1) is 11.8 Å². The highest BCUT2D eigenvalue weighted by molar-refractivity contribution is 7.88. The molecule has 1 aromatic carbocycles. The van der Waals surface area contributed by atoms with Gasteiger partial charge in [-0.3, -0.25) is 4.79 Å². The topological polar surface area (TPSA) is 80.6 Å². The van der Waals surface area contributed by atoms with Crippen molar-refractivity contribution >= 4 is 38.4 Å². The summed E-state index contributed by atoms with van der Waals surface area (Å²) in [5.41, 5.74) is 1.21. The lowest BCUT2D eigenvalue weighted by Gasteiger charge is -2.29. The maximum absolute atomic E-state index is 13.4. The normalized spacial score (nSPS) is 31.0. The molecule has 3 aliphatic heterocycles. The number of hydrogen-bond acceptors (Lipinski definition) is 4. The fraction of sp³-hybridized carbons (Fsp3) is 0.550. The molecule has 0 saturated carbocycles. The van der Waals surface area contributed by atoms with E-state index >= 15 is 0 Å². The second-order valence-corrected chi connectivity index (χ2v) is 10.9. The Morgan fingerprint density at radius 1 is 1.38 bits per heavy atom. The van der Waals surface area contributed by atoms with Crippen molar-refractivity contribution in [2.24, 2.45) is 18.9 Å². The summed E-state index contributed by atoms with van der Waals surface area (Å²) in [6.45, 7) is 1.52. The molecule has 0 aliphatic carbocycles. The van der Waals surface area contributed by atoms with Gasteiger partial charge >= 0.3 is 0 Å². The predicted octanol–water partition coefficient (Wildman–Crippen LogP) is 2.00. The third-order valence-electron chi connectivity index (χ3n) is 6.88. The van der Waals surface area contributed by atoms with E-state index in [9.17, 15) is 13.2 Å². The molecule has 9 heteroatoms. The largest absolute Gasteiger partial charge is 0.369 e. The Kier molecular flexibility index (Phi) is 4.30. The van der Waals surface area contributed by atoms with Crippen molar-refractivity contribution in [3.8, 4) is 0 Å². The maximum Gasteiger partial charge on any atom is 0.270 e. The average Bonchev–Trinajstić information content (AvgIpc) is 3.37. The number of amides is 1. The molecule has 4 heterocycles. The Labute approximate surface area is 175 Å². The second-order valence-electron chi connectivity index (χ2n) is 8.63. The molecule has 1 N–H and O–H groups in total. The summed E-state index contributed by atoms with van der Waals surface area (Å²) in [5, 5.41) is 1.61. The minimum Gasteiger partial charge on any atom is -0.369 e. The summed E-state index contributed by atoms with van der Waals surface area (Å²) < 4.78 is 34.0. The molecule has 2 aromatic rings. The van der Waals surface area contributed by atoms with Crippen molar-refractivity contribution < 1.29 is 17.9 Å². The first-order chi connectivity index (χ1) is 13.7. The smallest absolute Gasteiger partial charge is 0.270 e. The van der Waals surface area contributed by atoms with E-state index in [1.807, 2.05) is 40.8 Å². The van der Waals surface area contributed by atoms with Gasteiger partial charge in [0.2, 0.25) is 10.0 Å². The van der Waals surface area contributed by atoms with Crippen LogP contribution in [0.4, 0.5) is 0 Å². The predicted molar refractivity (Wildman–Crippen MR) is 110 cm³/mol. The first kappa shape index (κ1) is 19.4. The molecule has 4 atom stereocenters. The van der Waals surface area contributed by atoms with Crippen molar-refractivity contribution in [1.82, 2.24) is 14.2 Å². The van der Waals surface area contributed by atoms with E-state index in [0.717, 1.165) is 23.7 Å². The van der Waals surface area contributed by atoms with Crippen molar-refractivity contribution in [2.45, 2.75) is 24.5 Å². The average molecular weight is 438 g/mol. The first-order valence-corrected chi connectivity index (χ1v) is 12.1. The number of rotatable bonds is 4. The van der Waals surface area contributed by atoms with Crippen LogP contribution in [-0.4, -0.2) is 61.4 Å². The van der Waals surface area contributed by atoms with Gasteiger partial charge in [0.05, 0.1) is 24.5 Å². The maximum atomic E-state index is 13.4. The SMILES string of the molecule is Cn1c(C(=O)N2C[C@@H]3[C@H](CNS(C)(=O)=O)[C@H]4CC[C@]3(C2)O4)cc2ccc(Cl)cc21. The minimum absolute atomic E-state index is 0.0227. The van der Waals surface area contributed by atoms with E-state index in [1.165, 1.54) is 6.26 Å². The number of likely N-dealkylation sites (tertiary alicyclic amines) is 1. The molecular formula is C20H24ClN3O4S. The molecule has 0 radical (unpaired) electrons. The Bertz CT molecular complexity index is 1110. The molecule has 7 nitrogen and oxygen atoms in total. The molecule has 1 spiro atoms. The highest BCUT2D eigenvalue weighted by Crippen LogP contribution is 2.54. The van der Waals surface area contributed by atoms with Gasteiger partial charge in [-0.25, -0.2) is 13.1 Å². The monoisotopic (exact) mass is 437 g/mol. The van der Waals surface area contributed by atoms with Gasteiger partial charge in [0.1, 0.15) is 5.69 Å². The quantitative estimate of drug-likeness (QED) is 0.793. The molecule has 3 fully saturated rings. The lowest BCUT2D eigenvalue weighted by molar-refractivity contribution is 0.00315. The molecule has 0 unspecified atom stereocenters. The number of carbonyl (C=O) groups excluding carboxylic acids is 1. The summed E-state index contributed by atoms with van der Waals surface area (Å²) >= 11 is 6.12. The summed E-state index contributed by atoms with van der Waals surface area (Å²) in [7, 11) is -1.38. The van der Waals surface area contributed by atoms with E-state index in [4.69, 9.17) is 16.3 Å². The van der Waals surface area contributed by atoms with Crippen molar-refractivity contribution in [3.05, 3.63) is 35.0 Å². The Morgan fingerprint density at radius 2 is 2.17 bits per heavy atom. The summed E-state index contributed by atoms with van der Waals surface area (Å²) in [6, 6.07) is 7.51. The number of carbonyl (C=O) groups is 1. The highest BCUT2D eigenvalue weighted by atomic mass is 35.5. The Balaban J connectivity index is 1.40. The fourth-order valence-electron chi connectivity index (χ4n) is 5.54. The number of halogens is 1. The lowest BCUT2D eigenvalue weighted by atomic mass is 9.74. The number of aryl methyl sites for hydroxylation is 1. The van der Waals surface area contributed by atoms with Crippen LogP contribution in [0.15, 0.2) is 24.3 Å². The van der Waals surface area contributed by atoms with E-state index in [2.05, 4.69) is 4.72 Å². The van der Waals surface area contributed by atoms with Crippen molar-refractivity contribution in [2.75, 3.05) is 25.9 Å². The van der Waals surface area contributed by atoms with Gasteiger partial charge in [-0.1, -0.05) is 17.7 Å². The van der Waals surface area contributed by atoms with Crippen LogP contribution >= 0.6 is 11.6 Å². The number of ether oxygens (including phenoxy) is 1. The van der Waals surface area contributed by atoms with E-state index in [-0.39, 0.29) is 29.4 Å². The molecule has 156 valence electrons. The van der Waals surface area contributed by atoms with E-state index in [0.29, 0.717) is 30.4 Å². The lowest BCUT2D eigenvalue weighted by Crippen LogP contribution is -2.41. The van der Waals surface area contributed by atoms with E-state index < -0.39 is 10.0 Å². The number of nitrogens with zero attached hydrogens (tertiary/aromatic N) is 2. The van der Waals surface area contributed by atoms with Crippen LogP contribution in [0.1, 0.15) is 23.3 Å². The molecule has 5 rings (SSSR count). The van der Waals surface area contributed by atoms with Gasteiger partial charge < -0.3 is 14.2 Å². The molecular weight excluding hydrogens is 414 g/mol. The summed E-state index contributed by atoms with van der Waals surface area (Å²) in [6.07, 6.45) is 3.09. The molecule has 29 heavy (non-hydrogen) atoms. The number of nitrogens with one attached hydrogen (secondary N) is 1. The zero-order valence-corrected chi connectivity index (χ0v) is 18.0. The summed E-state index contributed by atoms with van der Waals surface area (Å²) in [5.74, 6) is 0.233. The number of fused-ring (bicyclic) bond motifs is 2. The van der Waals surface area contributed by atoms with Gasteiger partial charge in [-0.15, -0.1) is 0 Å². The number of benzene rings is 1. The number of hydrogen-bond donors (Lipinski definition) is 1. The molecule has 3 saturated heterocycles. The van der Waals surface area contributed by atoms with Crippen LogP contribution in [0.25, 0.3) is 10.9 Å². The summed E-state index contributed by atoms with van der Waals surface area (Å²) in [4.78, 5) is 15.2. The van der Waals surface area contributed by atoms with Crippen LogP contribution < -0.4 is 4.72 Å². The standard InChI is InChI=1S/C20H24ClN3O4S/c1-23-16-8-13(21)4-3-12(16)7-17(23)19(25)24-10-15-14(9-22-29(2,26)27)18-5-6-20(15,11-24)28-18/h3-4,7-8,14-15,18,22H,5-6,9-11H2,1-2H3/t14-,15+,18+,20+/m0/s1. The molecule has 1 amide bonds. The molecule has 3 aliphatic rings. The Hall–Kier alpha value is -1.61. The van der Waals surface area contributed by atoms with Crippen LogP contribution in [0.3, 0.4) is 0 Å². The zero-order chi connectivity index (χ0) is 20.6. The highest BCUT2D eigenvalue weighted by Gasteiger charge is 2.63. The van der Waals surface area contributed by atoms with Crippen molar-refractivity contribution in [1.29, 1.82) is 0 Å². The minimum atomic E-state index is -3.26. The van der Waals surface area contributed by atoms with Crippen LogP contribution in [0.2, 0.25) is 5.02 Å². The van der Waals surface area contributed by atoms with Crippen LogP contribution in [0.5, 0.6) is 0 Å². The third kappa shape index (κ3) is 3.08. The molecule has 2 bridgehead atoms. The van der Waals surface area contributed by atoms with Gasteiger partial charge in [-0.2, -0.15) is 0 Å². The molecule has 1 aromatic heterocycles. The van der Waals surface area contributed by atoms with Crippen LogP contribution in [-0.2, 0) is 21.8 Å². The number of aromatic nitrogens is 1. The third-order valence-corrected chi connectivity index (χ3v) is 7.80.